The van der Waals surface area contributed by atoms with Crippen molar-refractivity contribution in [1.82, 2.24) is 5.32 Å². The largest absolute Gasteiger partial charge is 0.481 e. The fraction of sp³-hybridized carbons (Fsp3) is 0.647. The van der Waals surface area contributed by atoms with Crippen LogP contribution in [0.3, 0.4) is 0 Å². The molecular weight excluding hydrogens is 298 g/mol. The second-order valence-corrected chi connectivity index (χ2v) is 7.35. The highest BCUT2D eigenvalue weighted by atomic mass is 16.4. The van der Waals surface area contributed by atoms with E-state index >= 15 is 0 Å². The first-order chi connectivity index (χ1) is 10.7. The molecule has 0 saturated heterocycles. The molecule has 0 aromatic heterocycles. The summed E-state index contributed by atoms with van der Waals surface area (Å²) in [6.45, 7) is 6.51. The van der Waals surface area contributed by atoms with Crippen LogP contribution in [0.25, 0.3) is 0 Å². The number of hydrogen-bond donors (Lipinski definition) is 4. The van der Waals surface area contributed by atoms with Gasteiger partial charge in [0.2, 0.25) is 5.91 Å². The number of carboxylic acids is 1. The molecule has 2 aliphatic carbocycles. The van der Waals surface area contributed by atoms with Crippen LogP contribution in [0.1, 0.15) is 26.7 Å². The highest BCUT2D eigenvalue weighted by Crippen LogP contribution is 2.55. The minimum Gasteiger partial charge on any atom is -0.481 e. The van der Waals surface area contributed by atoms with Crippen LogP contribution in [0.4, 0.5) is 0 Å². The lowest BCUT2D eigenvalue weighted by Crippen LogP contribution is -2.53. The van der Waals surface area contributed by atoms with E-state index in [-0.39, 0.29) is 12.5 Å². The number of allylic oxidation sites excluding steroid dienone is 2. The maximum absolute atomic E-state index is 12.3. The first-order valence-electron chi connectivity index (χ1n) is 7.81. The summed E-state index contributed by atoms with van der Waals surface area (Å²) < 4.78 is 0. The number of nitrogens with one attached hydrogen (secondary N) is 1. The molecule has 0 spiro atoms. The van der Waals surface area contributed by atoms with E-state index < -0.39 is 40.8 Å². The zero-order valence-corrected chi connectivity index (χ0v) is 13.5. The van der Waals surface area contributed by atoms with Gasteiger partial charge in [-0.3, -0.25) is 9.59 Å². The van der Waals surface area contributed by atoms with E-state index in [9.17, 15) is 24.9 Å². The lowest BCUT2D eigenvalue weighted by molar-refractivity contribution is -0.147. The van der Waals surface area contributed by atoms with Crippen molar-refractivity contribution in [2.75, 3.05) is 6.61 Å². The van der Waals surface area contributed by atoms with Gasteiger partial charge in [-0.15, -0.1) is 6.58 Å². The van der Waals surface area contributed by atoms with Crippen molar-refractivity contribution < 1.29 is 24.9 Å². The van der Waals surface area contributed by atoms with E-state index in [4.69, 9.17) is 0 Å². The van der Waals surface area contributed by atoms with Crippen molar-refractivity contribution in [2.24, 2.45) is 22.7 Å². The van der Waals surface area contributed by atoms with Gasteiger partial charge in [-0.25, -0.2) is 0 Å². The second kappa shape index (κ2) is 6.09. The van der Waals surface area contributed by atoms with Crippen molar-refractivity contribution in [3.05, 3.63) is 24.8 Å². The topological polar surface area (TPSA) is 107 Å². The molecule has 1 amide bonds. The molecule has 0 radical (unpaired) electrons. The molecule has 1 saturated carbocycles. The van der Waals surface area contributed by atoms with Gasteiger partial charge >= 0.3 is 5.97 Å². The molecule has 0 heterocycles. The molecule has 1 fully saturated rings. The zero-order chi connectivity index (χ0) is 17.4. The number of fused-ring (bicyclic) bond motifs is 2. The Hall–Kier alpha value is -1.66. The molecular formula is C17H25NO5. The van der Waals surface area contributed by atoms with Gasteiger partial charge in [0.05, 0.1) is 12.5 Å². The maximum Gasteiger partial charge on any atom is 0.309 e. The monoisotopic (exact) mass is 323 g/mol. The number of hydrogen-bond acceptors (Lipinski definition) is 4. The van der Waals surface area contributed by atoms with E-state index in [0.717, 1.165) is 0 Å². The van der Waals surface area contributed by atoms with Gasteiger partial charge in [-0.2, -0.15) is 0 Å². The van der Waals surface area contributed by atoms with Crippen molar-refractivity contribution in [3.8, 4) is 0 Å². The lowest BCUT2D eigenvalue weighted by atomic mass is 9.73. The van der Waals surface area contributed by atoms with Crippen LogP contribution in [0.5, 0.6) is 0 Å². The number of aliphatic hydroxyl groups is 2. The lowest BCUT2D eigenvalue weighted by Gasteiger charge is -2.35. The Balaban J connectivity index is 2.20. The molecule has 128 valence electrons. The van der Waals surface area contributed by atoms with E-state index in [1.54, 1.807) is 19.9 Å². The number of carboxylic acid groups (broad SMARTS) is 1. The van der Waals surface area contributed by atoms with Crippen LogP contribution < -0.4 is 5.32 Å². The Bertz CT molecular complexity index is 541. The van der Waals surface area contributed by atoms with Crippen molar-refractivity contribution in [3.63, 3.8) is 0 Å². The Morgan fingerprint density at radius 2 is 2.17 bits per heavy atom. The summed E-state index contributed by atoms with van der Waals surface area (Å²) in [4.78, 5) is 24.1. The van der Waals surface area contributed by atoms with Gasteiger partial charge in [-0.05, 0) is 18.8 Å². The normalized spacial score (nSPS) is 33.5. The summed E-state index contributed by atoms with van der Waals surface area (Å²) in [7, 11) is 0. The molecule has 4 N–H and O–H groups in total. The SMILES string of the molecule is C=CC[C@]12C=C[C@H](C1)[C@H](NC(=O)C(O)C(C)(C)CO)[C@@H]2C(=O)O. The molecule has 1 unspecified atom stereocenters. The number of aliphatic carboxylic acids is 1. The minimum atomic E-state index is -1.40. The molecule has 6 heteroatoms. The third-order valence-electron chi connectivity index (χ3n) is 5.23. The maximum atomic E-state index is 12.3. The van der Waals surface area contributed by atoms with Crippen LogP contribution in [-0.2, 0) is 9.59 Å². The van der Waals surface area contributed by atoms with E-state index in [1.165, 1.54) is 0 Å². The first kappa shape index (κ1) is 17.7. The fourth-order valence-electron chi connectivity index (χ4n) is 3.79. The van der Waals surface area contributed by atoms with Gasteiger partial charge < -0.3 is 20.6 Å². The summed E-state index contributed by atoms with van der Waals surface area (Å²) in [6, 6.07) is -0.561. The van der Waals surface area contributed by atoms with Crippen molar-refractivity contribution >= 4 is 11.9 Å². The van der Waals surface area contributed by atoms with Crippen LogP contribution in [0, 0.1) is 22.7 Å². The van der Waals surface area contributed by atoms with Crippen LogP contribution in [0.2, 0.25) is 0 Å². The fourth-order valence-corrected chi connectivity index (χ4v) is 3.79. The van der Waals surface area contributed by atoms with Gasteiger partial charge in [0.1, 0.15) is 6.10 Å². The molecule has 5 atom stereocenters. The number of carbonyl (C=O) groups excluding carboxylic acids is 1. The minimum absolute atomic E-state index is 0.0653. The van der Waals surface area contributed by atoms with Gasteiger partial charge in [0.25, 0.3) is 0 Å². The highest BCUT2D eigenvalue weighted by Gasteiger charge is 2.58. The average Bonchev–Trinajstić information content (AvgIpc) is 3.02. The Labute approximate surface area is 135 Å². The quantitative estimate of drug-likeness (QED) is 0.516. The Morgan fingerprint density at radius 1 is 1.52 bits per heavy atom. The molecule has 2 aliphatic rings. The second-order valence-electron chi connectivity index (χ2n) is 7.35. The van der Waals surface area contributed by atoms with E-state index in [2.05, 4.69) is 11.9 Å². The van der Waals surface area contributed by atoms with Gasteiger partial charge in [0, 0.05) is 16.9 Å². The van der Waals surface area contributed by atoms with Crippen molar-refractivity contribution in [2.45, 2.75) is 38.8 Å². The third kappa shape index (κ3) is 2.93. The molecule has 6 nitrogen and oxygen atoms in total. The Kier molecular flexibility index (Phi) is 4.69. The number of carbonyl (C=O) groups is 2. The molecule has 0 aliphatic heterocycles. The zero-order valence-electron chi connectivity index (χ0n) is 13.5. The van der Waals surface area contributed by atoms with Crippen LogP contribution in [-0.4, -0.2) is 45.9 Å². The summed E-state index contributed by atoms with van der Waals surface area (Å²) in [5.74, 6) is -2.41. The predicted octanol–water partition coefficient (Wildman–Crippen LogP) is 0.704. The van der Waals surface area contributed by atoms with Crippen molar-refractivity contribution in [1.29, 1.82) is 0 Å². The van der Waals surface area contributed by atoms with Crippen LogP contribution >= 0.6 is 0 Å². The Morgan fingerprint density at radius 3 is 2.70 bits per heavy atom. The number of rotatable bonds is 7. The smallest absolute Gasteiger partial charge is 0.309 e. The third-order valence-corrected chi connectivity index (χ3v) is 5.23. The van der Waals surface area contributed by atoms with Crippen LogP contribution in [0.15, 0.2) is 24.8 Å². The first-order valence-corrected chi connectivity index (χ1v) is 7.81. The standard InChI is InChI=1S/C17H25NO5/c1-4-6-17-7-5-10(8-17)12(11(17)15(22)23)18-14(21)13(20)16(2,3)9-19/h4-5,7,10-13,19-20H,1,6,8-9H2,2-3H3,(H,18,21)(H,22,23)/t10-,11-,12+,13?,17+/m1/s1. The van der Waals surface area contributed by atoms with Gasteiger partial charge in [-0.1, -0.05) is 32.1 Å². The molecule has 2 bridgehead atoms. The van der Waals surface area contributed by atoms with Gasteiger partial charge in [0.15, 0.2) is 0 Å². The molecule has 0 aromatic rings. The summed E-state index contributed by atoms with van der Waals surface area (Å²) >= 11 is 0. The van der Waals surface area contributed by atoms with E-state index in [1.807, 2.05) is 12.2 Å². The predicted molar refractivity (Wildman–Crippen MR) is 84.4 cm³/mol. The number of aliphatic hydroxyl groups excluding tert-OH is 2. The highest BCUT2D eigenvalue weighted by molar-refractivity contribution is 5.83. The summed E-state index contributed by atoms with van der Waals surface area (Å²) in [6.07, 6.45) is 5.36. The summed E-state index contributed by atoms with van der Waals surface area (Å²) in [5.41, 5.74) is -1.51. The summed E-state index contributed by atoms with van der Waals surface area (Å²) in [5, 5.41) is 31.7. The molecule has 2 rings (SSSR count). The molecule has 0 aromatic carbocycles. The molecule has 23 heavy (non-hydrogen) atoms. The average molecular weight is 323 g/mol. The van der Waals surface area contributed by atoms with E-state index in [0.29, 0.717) is 12.8 Å². The number of amides is 1.